The van der Waals surface area contributed by atoms with Gasteiger partial charge in [-0.2, -0.15) is 5.10 Å². The molecule has 1 aromatic heterocycles. The maximum Gasteiger partial charge on any atom is 0.148 e. The smallest absolute Gasteiger partial charge is 0.148 e. The van der Waals surface area contributed by atoms with Crippen molar-refractivity contribution in [2.45, 2.75) is 52.0 Å². The quantitative estimate of drug-likeness (QED) is 0.846. The van der Waals surface area contributed by atoms with E-state index in [2.05, 4.69) is 24.3 Å². The van der Waals surface area contributed by atoms with Crippen molar-refractivity contribution in [3.8, 4) is 0 Å². The molecule has 1 heterocycles. The summed E-state index contributed by atoms with van der Waals surface area (Å²) in [5.74, 6) is 0.919. The van der Waals surface area contributed by atoms with Gasteiger partial charge in [0.2, 0.25) is 0 Å². The van der Waals surface area contributed by atoms with Crippen LogP contribution >= 0.6 is 0 Å². The van der Waals surface area contributed by atoms with Crippen LogP contribution in [0.2, 0.25) is 0 Å². The number of hydrogen-bond acceptors (Lipinski definition) is 3. The predicted octanol–water partition coefficient (Wildman–Crippen LogP) is 2.82. The highest BCUT2D eigenvalue weighted by Gasteiger charge is 2.31. The van der Waals surface area contributed by atoms with E-state index in [1.54, 1.807) is 0 Å². The Hall–Kier alpha value is -1.03. The molecule has 0 bridgehead atoms. The summed E-state index contributed by atoms with van der Waals surface area (Å²) in [5.41, 5.74) is 0.0693. The molecule has 1 aromatic rings. The van der Waals surface area contributed by atoms with Gasteiger partial charge in [0.1, 0.15) is 5.82 Å². The number of rotatable bonds is 5. The maximum absolute atomic E-state index is 9.65. The number of aliphatic hydroxyl groups excluding tert-OH is 1. The first-order valence-electron chi connectivity index (χ1n) is 7.05. The number of aromatic nitrogens is 2. The lowest BCUT2D eigenvalue weighted by molar-refractivity contribution is 0.0943. The summed E-state index contributed by atoms with van der Waals surface area (Å²) in [5, 5.41) is 17.5. The van der Waals surface area contributed by atoms with E-state index in [-0.39, 0.29) is 12.0 Å². The predicted molar refractivity (Wildman–Crippen MR) is 73.7 cm³/mol. The largest absolute Gasteiger partial charge is 0.396 e. The van der Waals surface area contributed by atoms with Crippen molar-refractivity contribution in [2.75, 3.05) is 18.5 Å². The topological polar surface area (TPSA) is 50.1 Å². The van der Waals surface area contributed by atoms with Crippen LogP contribution < -0.4 is 5.32 Å². The zero-order valence-electron chi connectivity index (χ0n) is 11.5. The molecule has 2 N–H and O–H groups in total. The molecule has 1 fully saturated rings. The molecule has 0 unspecified atom stereocenters. The molecule has 1 aliphatic carbocycles. The summed E-state index contributed by atoms with van der Waals surface area (Å²) >= 11 is 0. The van der Waals surface area contributed by atoms with Gasteiger partial charge >= 0.3 is 0 Å². The van der Waals surface area contributed by atoms with Crippen LogP contribution in [0.4, 0.5) is 5.82 Å². The third-order valence-electron chi connectivity index (χ3n) is 4.03. The summed E-state index contributed by atoms with van der Waals surface area (Å²) < 4.78 is 1.95. The molecule has 4 nitrogen and oxygen atoms in total. The van der Waals surface area contributed by atoms with Gasteiger partial charge in [0, 0.05) is 30.3 Å². The Kier molecular flexibility index (Phi) is 4.27. The average Bonchev–Trinajstić information content (AvgIpc) is 2.87. The van der Waals surface area contributed by atoms with E-state index >= 15 is 0 Å². The zero-order chi connectivity index (χ0) is 13.0. The molecule has 4 heteroatoms. The fraction of sp³-hybridized carbons (Fsp3) is 0.786. The van der Waals surface area contributed by atoms with Crippen LogP contribution in [0.1, 0.15) is 52.0 Å². The third-order valence-corrected chi connectivity index (χ3v) is 4.03. The lowest BCUT2D eigenvalue weighted by atomic mass is 9.74. The third kappa shape index (κ3) is 3.05. The Morgan fingerprint density at radius 1 is 1.39 bits per heavy atom. The molecular formula is C14H25N3O. The minimum absolute atomic E-state index is 0.0693. The minimum Gasteiger partial charge on any atom is -0.396 e. The van der Waals surface area contributed by atoms with Crippen LogP contribution in [-0.4, -0.2) is 28.0 Å². The molecule has 102 valence electrons. The Balaban J connectivity index is 1.92. The van der Waals surface area contributed by atoms with E-state index in [1.165, 1.54) is 19.3 Å². The molecular weight excluding hydrogens is 226 g/mol. The van der Waals surface area contributed by atoms with Gasteiger partial charge in [-0.3, -0.25) is 4.68 Å². The van der Waals surface area contributed by atoms with Crippen LogP contribution in [-0.2, 0) is 0 Å². The standard InChI is InChI=1S/C14H25N3O/c1-12(2)17-9-6-13(16-17)15-10-14(11-18)7-4-3-5-8-14/h6,9,12,18H,3-5,7-8,10-11H2,1-2H3,(H,15,16). The lowest BCUT2D eigenvalue weighted by Gasteiger charge is -2.35. The number of nitrogens with one attached hydrogen (secondary N) is 1. The molecule has 1 saturated carbocycles. The normalized spacial score (nSPS) is 19.1. The highest BCUT2D eigenvalue weighted by Crippen LogP contribution is 2.35. The van der Waals surface area contributed by atoms with Crippen molar-refractivity contribution >= 4 is 5.82 Å². The molecule has 0 radical (unpaired) electrons. The summed E-state index contributed by atoms with van der Waals surface area (Å²) in [7, 11) is 0. The molecule has 18 heavy (non-hydrogen) atoms. The molecule has 1 aliphatic rings. The maximum atomic E-state index is 9.65. The first kappa shape index (κ1) is 13.4. The first-order valence-corrected chi connectivity index (χ1v) is 7.05. The number of hydrogen-bond donors (Lipinski definition) is 2. The summed E-state index contributed by atoms with van der Waals surface area (Å²) in [6.45, 7) is 5.35. The van der Waals surface area contributed by atoms with E-state index in [1.807, 2.05) is 16.9 Å². The van der Waals surface area contributed by atoms with Crippen LogP contribution in [0, 0.1) is 5.41 Å². The SMILES string of the molecule is CC(C)n1ccc(NCC2(CO)CCCCC2)n1. The van der Waals surface area contributed by atoms with Crippen molar-refractivity contribution in [3.63, 3.8) is 0 Å². The fourth-order valence-electron chi connectivity index (χ4n) is 2.69. The average molecular weight is 251 g/mol. The van der Waals surface area contributed by atoms with Gasteiger partial charge in [-0.25, -0.2) is 0 Å². The second-order valence-corrected chi connectivity index (χ2v) is 5.85. The molecule has 0 atom stereocenters. The fourth-order valence-corrected chi connectivity index (χ4v) is 2.69. The molecule has 0 aliphatic heterocycles. The monoisotopic (exact) mass is 251 g/mol. The number of aliphatic hydroxyl groups is 1. The Morgan fingerprint density at radius 3 is 2.67 bits per heavy atom. The van der Waals surface area contributed by atoms with E-state index in [9.17, 15) is 5.11 Å². The van der Waals surface area contributed by atoms with E-state index < -0.39 is 0 Å². The van der Waals surface area contributed by atoms with Crippen molar-refractivity contribution < 1.29 is 5.11 Å². The summed E-state index contributed by atoms with van der Waals surface area (Å²) in [4.78, 5) is 0. The zero-order valence-corrected chi connectivity index (χ0v) is 11.5. The molecule has 0 aromatic carbocycles. The van der Waals surface area contributed by atoms with Crippen LogP contribution in [0.25, 0.3) is 0 Å². The lowest BCUT2D eigenvalue weighted by Crippen LogP contribution is -2.35. The minimum atomic E-state index is 0.0693. The first-order chi connectivity index (χ1) is 8.65. The Labute approximate surface area is 109 Å². The highest BCUT2D eigenvalue weighted by atomic mass is 16.3. The van der Waals surface area contributed by atoms with Gasteiger partial charge < -0.3 is 10.4 Å². The highest BCUT2D eigenvalue weighted by molar-refractivity contribution is 5.32. The van der Waals surface area contributed by atoms with Crippen LogP contribution in [0.5, 0.6) is 0 Å². The van der Waals surface area contributed by atoms with Crippen molar-refractivity contribution in [2.24, 2.45) is 5.41 Å². The van der Waals surface area contributed by atoms with Crippen LogP contribution in [0.15, 0.2) is 12.3 Å². The number of anilines is 1. The van der Waals surface area contributed by atoms with Crippen molar-refractivity contribution in [1.29, 1.82) is 0 Å². The molecule has 0 amide bonds. The van der Waals surface area contributed by atoms with Crippen molar-refractivity contribution in [3.05, 3.63) is 12.3 Å². The van der Waals surface area contributed by atoms with Crippen molar-refractivity contribution in [1.82, 2.24) is 9.78 Å². The van der Waals surface area contributed by atoms with Crippen LogP contribution in [0.3, 0.4) is 0 Å². The molecule has 0 spiro atoms. The Bertz CT molecular complexity index is 367. The molecule has 2 rings (SSSR count). The van der Waals surface area contributed by atoms with E-state index in [4.69, 9.17) is 0 Å². The van der Waals surface area contributed by atoms with Gasteiger partial charge in [0.25, 0.3) is 0 Å². The van der Waals surface area contributed by atoms with Gasteiger partial charge in [-0.15, -0.1) is 0 Å². The second-order valence-electron chi connectivity index (χ2n) is 5.85. The molecule has 0 saturated heterocycles. The van der Waals surface area contributed by atoms with E-state index in [0.717, 1.165) is 25.2 Å². The summed E-state index contributed by atoms with van der Waals surface area (Å²) in [6, 6.07) is 2.40. The van der Waals surface area contributed by atoms with Gasteiger partial charge in [0.05, 0.1) is 6.61 Å². The Morgan fingerprint density at radius 2 is 2.11 bits per heavy atom. The van der Waals surface area contributed by atoms with Gasteiger partial charge in [0.15, 0.2) is 0 Å². The number of nitrogens with zero attached hydrogens (tertiary/aromatic N) is 2. The van der Waals surface area contributed by atoms with E-state index in [0.29, 0.717) is 6.04 Å². The van der Waals surface area contributed by atoms with Gasteiger partial charge in [-0.05, 0) is 26.7 Å². The van der Waals surface area contributed by atoms with Gasteiger partial charge in [-0.1, -0.05) is 19.3 Å². The second kappa shape index (κ2) is 5.74. The summed E-state index contributed by atoms with van der Waals surface area (Å²) in [6.07, 6.45) is 8.04.